The SMILES string of the molecule is C[C@H](O/N=C(\C(=O)N[C@@H]1C(=O)N2C(C(=O)O)=C(C[n+]3ccc(NCCNCCO)cc3)CS[C@H]12)c1nc(N)sc1Cl)C(=O)O. The Balaban J connectivity index is 1.46. The standard InChI is InChI=1S/C25H29ClN8O8S2/c1-12(23(38)39)42-32-16(15-19(26)44-25(27)31-15)20(36)30-17-21(37)34-18(24(40)41)13(11-43-22(17)34)10-33-7-2-14(3-8-33)29-5-4-28-6-9-35/h2-3,7-8,12,17,22,28,35H,4-6,9-11H2,1H3,(H5,27,30,31,36,38,39,40,41)/p+1/b32-16-/t12-,17+,22+/m0/s1. The van der Waals surface area contributed by atoms with Gasteiger partial charge in [0.25, 0.3) is 11.8 Å². The molecule has 0 unspecified atom stereocenters. The molecule has 8 N–H and O–H groups in total. The zero-order valence-corrected chi connectivity index (χ0v) is 25.6. The molecule has 4 heterocycles. The number of β-lactam (4-membered cyclic amide) rings is 1. The number of aliphatic hydroxyl groups excluding tert-OH is 1. The van der Waals surface area contributed by atoms with Gasteiger partial charge in [-0.1, -0.05) is 28.1 Å². The molecule has 0 radical (unpaired) electrons. The van der Waals surface area contributed by atoms with Gasteiger partial charge in [0.1, 0.15) is 27.1 Å². The summed E-state index contributed by atoms with van der Waals surface area (Å²) in [6.45, 7) is 3.32. The van der Waals surface area contributed by atoms with Gasteiger partial charge in [-0.25, -0.2) is 19.1 Å². The van der Waals surface area contributed by atoms with Crippen molar-refractivity contribution in [2.75, 3.05) is 43.0 Å². The van der Waals surface area contributed by atoms with Crippen molar-refractivity contribution in [2.45, 2.75) is 31.0 Å². The first-order valence-electron chi connectivity index (χ1n) is 13.2. The van der Waals surface area contributed by atoms with Crippen molar-refractivity contribution < 1.29 is 43.9 Å². The summed E-state index contributed by atoms with van der Waals surface area (Å²) in [5.74, 6) is -3.92. The van der Waals surface area contributed by atoms with Crippen LogP contribution in [0.1, 0.15) is 12.6 Å². The number of nitrogens with zero attached hydrogens (tertiary/aromatic N) is 4. The van der Waals surface area contributed by atoms with Crippen LogP contribution in [0.25, 0.3) is 0 Å². The zero-order chi connectivity index (χ0) is 32.0. The maximum atomic E-state index is 13.2. The van der Waals surface area contributed by atoms with E-state index in [1.54, 1.807) is 17.0 Å². The monoisotopic (exact) mass is 669 g/mol. The number of nitrogens with two attached hydrogens (primary N) is 1. The first kappa shape index (κ1) is 32.9. The summed E-state index contributed by atoms with van der Waals surface area (Å²) in [5.41, 5.74) is 6.25. The van der Waals surface area contributed by atoms with Crippen LogP contribution < -0.4 is 26.3 Å². The molecule has 19 heteroatoms. The second kappa shape index (κ2) is 14.7. The number of fused-ring (bicyclic) bond motifs is 1. The van der Waals surface area contributed by atoms with E-state index in [0.29, 0.717) is 25.2 Å². The second-order valence-corrected chi connectivity index (χ2v) is 12.2. The molecule has 2 aromatic rings. The Hall–Kier alpha value is -3.97. The Morgan fingerprint density at radius 3 is 2.61 bits per heavy atom. The number of aliphatic carboxylic acids is 2. The van der Waals surface area contributed by atoms with Gasteiger partial charge in [-0.15, -0.1) is 11.8 Å². The van der Waals surface area contributed by atoms with Gasteiger partial charge in [0, 0.05) is 48.8 Å². The average molecular weight is 670 g/mol. The van der Waals surface area contributed by atoms with Gasteiger partial charge in [0.15, 0.2) is 29.8 Å². The number of nitrogen functional groups attached to an aromatic ring is 1. The van der Waals surface area contributed by atoms with Crippen LogP contribution in [0.5, 0.6) is 0 Å². The third-order valence-electron chi connectivity index (χ3n) is 6.41. The lowest BCUT2D eigenvalue weighted by Crippen LogP contribution is -2.71. The molecule has 2 aliphatic rings. The highest BCUT2D eigenvalue weighted by atomic mass is 35.5. The molecule has 2 amide bonds. The molecule has 3 atom stereocenters. The van der Waals surface area contributed by atoms with E-state index in [1.165, 1.54) is 18.7 Å². The van der Waals surface area contributed by atoms with Gasteiger partial charge in [0.05, 0.1) is 6.61 Å². The predicted octanol–water partition coefficient (Wildman–Crippen LogP) is -0.707. The Morgan fingerprint density at radius 1 is 1.27 bits per heavy atom. The van der Waals surface area contributed by atoms with Gasteiger partial charge < -0.3 is 41.8 Å². The van der Waals surface area contributed by atoms with Crippen molar-refractivity contribution in [3.63, 3.8) is 0 Å². The topological polar surface area (TPSA) is 233 Å². The van der Waals surface area contributed by atoms with Crippen LogP contribution in [0.15, 0.2) is 41.0 Å². The number of halogens is 1. The molecule has 0 aliphatic carbocycles. The molecule has 0 bridgehead atoms. The van der Waals surface area contributed by atoms with Crippen LogP contribution >= 0.6 is 34.7 Å². The number of amides is 2. The average Bonchev–Trinajstić information content (AvgIpc) is 3.33. The van der Waals surface area contributed by atoms with Crippen molar-refractivity contribution >= 4 is 75.0 Å². The highest BCUT2D eigenvalue weighted by molar-refractivity contribution is 8.00. The molecule has 2 aliphatic heterocycles. The summed E-state index contributed by atoms with van der Waals surface area (Å²) in [7, 11) is 0. The Bertz CT molecular complexity index is 1480. The number of aromatic nitrogens is 2. The number of nitrogens with one attached hydrogen (secondary N) is 3. The number of carboxylic acid groups (broad SMARTS) is 2. The van der Waals surface area contributed by atoms with E-state index in [-0.39, 0.29) is 39.8 Å². The van der Waals surface area contributed by atoms with Crippen molar-refractivity contribution in [3.8, 4) is 0 Å². The third kappa shape index (κ3) is 7.56. The summed E-state index contributed by atoms with van der Waals surface area (Å²) in [4.78, 5) is 59.9. The summed E-state index contributed by atoms with van der Waals surface area (Å²) >= 11 is 8.29. The van der Waals surface area contributed by atoms with Crippen LogP contribution in [-0.4, -0.2) is 104 Å². The lowest BCUT2D eigenvalue weighted by molar-refractivity contribution is -0.688. The number of carbonyl (C=O) groups excluding carboxylic acids is 2. The molecule has 0 spiro atoms. The first-order valence-corrected chi connectivity index (χ1v) is 15.4. The number of thiazole rings is 1. The van der Waals surface area contributed by atoms with Gasteiger partial charge >= 0.3 is 11.9 Å². The lowest BCUT2D eigenvalue weighted by Gasteiger charge is -2.49. The predicted molar refractivity (Wildman–Crippen MR) is 161 cm³/mol. The lowest BCUT2D eigenvalue weighted by atomic mass is 10.0. The molecule has 236 valence electrons. The molecule has 2 aromatic heterocycles. The summed E-state index contributed by atoms with van der Waals surface area (Å²) < 4.78 is 1.79. The Labute approximate surface area is 263 Å². The van der Waals surface area contributed by atoms with Crippen molar-refractivity contribution in [2.24, 2.45) is 5.16 Å². The third-order valence-corrected chi connectivity index (χ3v) is 8.84. The first-order chi connectivity index (χ1) is 21.0. The van der Waals surface area contributed by atoms with E-state index in [9.17, 15) is 24.3 Å². The number of pyridine rings is 1. The molecular weight excluding hydrogens is 640 g/mol. The van der Waals surface area contributed by atoms with E-state index >= 15 is 0 Å². The summed E-state index contributed by atoms with van der Waals surface area (Å²) in [6, 6.07) is 2.58. The fraction of sp³-hybridized carbons (Fsp3) is 0.400. The van der Waals surface area contributed by atoms with Crippen LogP contribution in [0, 0.1) is 0 Å². The minimum atomic E-state index is -1.41. The number of rotatable bonds is 15. The number of oxime groups is 1. The number of carboxylic acids is 2. The molecule has 0 saturated carbocycles. The maximum absolute atomic E-state index is 13.2. The van der Waals surface area contributed by atoms with E-state index < -0.39 is 47.0 Å². The minimum absolute atomic E-state index is 0.00584. The summed E-state index contributed by atoms with van der Waals surface area (Å²) in [6.07, 6.45) is 2.17. The highest BCUT2D eigenvalue weighted by Crippen LogP contribution is 2.40. The van der Waals surface area contributed by atoms with Crippen LogP contribution in [0.4, 0.5) is 10.8 Å². The summed E-state index contributed by atoms with van der Waals surface area (Å²) in [5, 5.41) is 39.7. The molecule has 4 rings (SSSR count). The van der Waals surface area contributed by atoms with E-state index in [2.05, 4.69) is 26.1 Å². The van der Waals surface area contributed by atoms with Crippen molar-refractivity contribution in [1.29, 1.82) is 0 Å². The van der Waals surface area contributed by atoms with Gasteiger partial charge in [0.2, 0.25) is 6.10 Å². The fourth-order valence-electron chi connectivity index (χ4n) is 4.25. The minimum Gasteiger partial charge on any atom is -0.478 e. The largest absolute Gasteiger partial charge is 0.478 e. The number of hydrogen-bond acceptors (Lipinski definition) is 13. The van der Waals surface area contributed by atoms with Crippen LogP contribution in [-0.2, 0) is 30.6 Å². The highest BCUT2D eigenvalue weighted by Gasteiger charge is 2.55. The molecule has 1 saturated heterocycles. The zero-order valence-electron chi connectivity index (χ0n) is 23.2. The normalized spacial score (nSPS) is 18.8. The second-order valence-electron chi connectivity index (χ2n) is 9.48. The molecule has 16 nitrogen and oxygen atoms in total. The van der Waals surface area contributed by atoms with E-state index in [0.717, 1.165) is 21.9 Å². The smallest absolute Gasteiger partial charge is 0.352 e. The number of anilines is 2. The number of aliphatic hydroxyl groups is 1. The Morgan fingerprint density at radius 2 is 2.00 bits per heavy atom. The van der Waals surface area contributed by atoms with Gasteiger partial charge in [-0.05, 0) is 6.92 Å². The quantitative estimate of drug-likeness (QED) is 0.0409. The van der Waals surface area contributed by atoms with Gasteiger partial charge in [-0.2, -0.15) is 0 Å². The number of hydrogen-bond donors (Lipinski definition) is 7. The van der Waals surface area contributed by atoms with Crippen LogP contribution in [0.2, 0.25) is 4.34 Å². The van der Waals surface area contributed by atoms with Crippen LogP contribution in [0.3, 0.4) is 0 Å². The van der Waals surface area contributed by atoms with Gasteiger partial charge in [-0.3, -0.25) is 14.5 Å². The molecule has 44 heavy (non-hydrogen) atoms. The molecule has 0 aromatic carbocycles. The Kier molecular flexibility index (Phi) is 11.0. The number of carbonyl (C=O) groups is 4. The van der Waals surface area contributed by atoms with Crippen molar-refractivity contribution in [1.82, 2.24) is 20.5 Å². The van der Waals surface area contributed by atoms with E-state index in [1.807, 2.05) is 12.1 Å². The molecule has 1 fully saturated rings. The molecular formula is C25H30ClN8O8S2+. The van der Waals surface area contributed by atoms with E-state index in [4.69, 9.17) is 32.4 Å². The number of thioether (sulfide) groups is 1. The maximum Gasteiger partial charge on any atom is 0.352 e. The van der Waals surface area contributed by atoms with Crippen molar-refractivity contribution in [3.05, 3.63) is 45.8 Å². The fourth-order valence-corrected chi connectivity index (χ4v) is 6.51.